The number of sulfonamides is 1. The summed E-state index contributed by atoms with van der Waals surface area (Å²) in [6.07, 6.45) is -1.31. The number of carbonyl (C=O) groups is 3. The van der Waals surface area contributed by atoms with E-state index in [-0.39, 0.29) is 16.2 Å². The fraction of sp³-hybridized carbons (Fsp3) is 0.357. The number of hydrogen-bond acceptors (Lipinski definition) is 7. The van der Waals surface area contributed by atoms with Crippen molar-refractivity contribution in [2.45, 2.75) is 24.8 Å². The SMILES string of the molecule is CCNC(=O)NC(=O)C(C)OC(=O)c1cc(S(N)(=O)=O)ccc1OC. The molecule has 1 unspecified atom stereocenters. The summed E-state index contributed by atoms with van der Waals surface area (Å²) in [4.78, 5) is 35.0. The van der Waals surface area contributed by atoms with E-state index in [1.807, 2.05) is 5.32 Å². The van der Waals surface area contributed by atoms with Crippen LogP contribution < -0.4 is 20.5 Å². The summed E-state index contributed by atoms with van der Waals surface area (Å²) in [7, 11) is -2.77. The minimum atomic E-state index is -4.05. The largest absolute Gasteiger partial charge is 0.496 e. The maximum absolute atomic E-state index is 12.2. The lowest BCUT2D eigenvalue weighted by Crippen LogP contribution is -2.44. The third-order valence-electron chi connectivity index (χ3n) is 2.95. The van der Waals surface area contributed by atoms with Gasteiger partial charge in [-0.1, -0.05) is 0 Å². The van der Waals surface area contributed by atoms with Crippen LogP contribution in [0.2, 0.25) is 0 Å². The van der Waals surface area contributed by atoms with E-state index in [2.05, 4.69) is 5.32 Å². The van der Waals surface area contributed by atoms with Gasteiger partial charge in [0.15, 0.2) is 6.10 Å². The van der Waals surface area contributed by atoms with Gasteiger partial charge in [-0.05, 0) is 32.0 Å². The molecule has 0 aliphatic rings. The van der Waals surface area contributed by atoms with Crippen LogP contribution in [0.5, 0.6) is 5.75 Å². The lowest BCUT2D eigenvalue weighted by molar-refractivity contribution is -0.127. The highest BCUT2D eigenvalue weighted by Crippen LogP contribution is 2.23. The van der Waals surface area contributed by atoms with Gasteiger partial charge in [0.05, 0.1) is 12.0 Å². The number of rotatable bonds is 6. The highest BCUT2D eigenvalue weighted by Gasteiger charge is 2.24. The van der Waals surface area contributed by atoms with Crippen molar-refractivity contribution in [3.05, 3.63) is 23.8 Å². The Kier molecular flexibility index (Phi) is 6.88. The molecule has 0 spiro atoms. The highest BCUT2D eigenvalue weighted by molar-refractivity contribution is 7.89. The standard InChI is InChI=1S/C14H19N3O7S/c1-4-16-14(20)17-12(18)8(2)24-13(19)10-7-9(25(15,21)22)5-6-11(10)23-3/h5-8H,4H2,1-3H3,(H2,15,21,22)(H2,16,17,18,20). The van der Waals surface area contributed by atoms with Gasteiger partial charge >= 0.3 is 12.0 Å². The first-order valence-corrected chi connectivity index (χ1v) is 8.65. The van der Waals surface area contributed by atoms with E-state index in [9.17, 15) is 22.8 Å². The molecular formula is C14H19N3O7S. The lowest BCUT2D eigenvalue weighted by atomic mass is 10.2. The Labute approximate surface area is 144 Å². The van der Waals surface area contributed by atoms with E-state index in [1.54, 1.807) is 6.92 Å². The number of nitrogens with one attached hydrogen (secondary N) is 2. The molecule has 11 heteroatoms. The van der Waals surface area contributed by atoms with Crippen molar-refractivity contribution in [1.29, 1.82) is 0 Å². The third-order valence-corrected chi connectivity index (χ3v) is 3.86. The molecule has 0 aliphatic carbocycles. The number of esters is 1. The van der Waals surface area contributed by atoms with Crippen LogP contribution in [0.25, 0.3) is 0 Å². The van der Waals surface area contributed by atoms with Gasteiger partial charge in [-0.25, -0.2) is 23.1 Å². The summed E-state index contributed by atoms with van der Waals surface area (Å²) >= 11 is 0. The zero-order chi connectivity index (χ0) is 19.2. The summed E-state index contributed by atoms with van der Waals surface area (Å²) < 4.78 is 32.7. The number of carbonyl (C=O) groups excluding carboxylic acids is 3. The molecule has 1 aromatic rings. The second-order valence-corrected chi connectivity index (χ2v) is 6.36. The minimum absolute atomic E-state index is 0.0359. The minimum Gasteiger partial charge on any atom is -0.496 e. The van der Waals surface area contributed by atoms with Crippen LogP contribution in [-0.2, 0) is 19.6 Å². The predicted octanol–water partition coefficient (Wildman–Crippen LogP) is -0.266. The van der Waals surface area contributed by atoms with Crippen LogP contribution in [0.3, 0.4) is 0 Å². The molecule has 0 aliphatic heterocycles. The average Bonchev–Trinajstić information content (AvgIpc) is 2.53. The van der Waals surface area contributed by atoms with E-state index >= 15 is 0 Å². The van der Waals surface area contributed by atoms with Gasteiger partial charge in [0, 0.05) is 6.54 Å². The smallest absolute Gasteiger partial charge is 0.342 e. The first-order valence-electron chi connectivity index (χ1n) is 7.10. The number of nitrogens with two attached hydrogens (primary N) is 1. The zero-order valence-electron chi connectivity index (χ0n) is 13.9. The monoisotopic (exact) mass is 373 g/mol. The van der Waals surface area contributed by atoms with Crippen molar-refractivity contribution in [2.75, 3.05) is 13.7 Å². The number of urea groups is 1. The van der Waals surface area contributed by atoms with Gasteiger partial charge in [-0.15, -0.1) is 0 Å². The zero-order valence-corrected chi connectivity index (χ0v) is 14.7. The van der Waals surface area contributed by atoms with Crippen LogP contribution in [0, 0.1) is 0 Å². The Morgan fingerprint density at radius 2 is 1.92 bits per heavy atom. The van der Waals surface area contributed by atoms with Gasteiger partial charge in [0.2, 0.25) is 10.0 Å². The summed E-state index contributed by atoms with van der Waals surface area (Å²) in [5.74, 6) is -1.82. The first kappa shape index (κ1) is 20.4. The molecule has 1 rings (SSSR count). The normalized spacial score (nSPS) is 12.0. The van der Waals surface area contributed by atoms with Crippen LogP contribution in [0.4, 0.5) is 4.79 Å². The average molecular weight is 373 g/mol. The third kappa shape index (κ3) is 5.72. The molecule has 1 aromatic carbocycles. The van der Waals surface area contributed by atoms with Crippen molar-refractivity contribution in [1.82, 2.24) is 10.6 Å². The number of primary sulfonamides is 1. The van der Waals surface area contributed by atoms with Crippen molar-refractivity contribution < 1.29 is 32.3 Å². The molecule has 0 fully saturated rings. The second kappa shape index (κ2) is 8.44. The Morgan fingerprint density at radius 3 is 2.44 bits per heavy atom. The van der Waals surface area contributed by atoms with Crippen molar-refractivity contribution in [3.8, 4) is 5.75 Å². The molecule has 0 saturated heterocycles. The number of imide groups is 1. The molecule has 0 saturated carbocycles. The van der Waals surface area contributed by atoms with E-state index in [0.717, 1.165) is 12.1 Å². The van der Waals surface area contributed by atoms with Gasteiger partial charge in [-0.3, -0.25) is 10.1 Å². The molecular weight excluding hydrogens is 354 g/mol. The Hall–Kier alpha value is -2.66. The predicted molar refractivity (Wildman–Crippen MR) is 86.5 cm³/mol. The summed E-state index contributed by atoms with van der Waals surface area (Å²) in [6, 6.07) is 2.64. The van der Waals surface area contributed by atoms with Crippen LogP contribution >= 0.6 is 0 Å². The number of ether oxygens (including phenoxy) is 2. The van der Waals surface area contributed by atoms with Gasteiger partial charge in [0.25, 0.3) is 5.91 Å². The summed E-state index contributed by atoms with van der Waals surface area (Å²) in [5, 5.41) is 9.36. The molecule has 0 radical (unpaired) electrons. The summed E-state index contributed by atoms with van der Waals surface area (Å²) in [5.41, 5.74) is -0.230. The highest BCUT2D eigenvalue weighted by atomic mass is 32.2. The fourth-order valence-corrected chi connectivity index (χ4v) is 2.26. The maximum Gasteiger partial charge on any atom is 0.342 e. The van der Waals surface area contributed by atoms with Crippen molar-refractivity contribution >= 4 is 27.9 Å². The molecule has 25 heavy (non-hydrogen) atoms. The molecule has 0 heterocycles. The number of hydrogen-bond donors (Lipinski definition) is 3. The molecule has 0 bridgehead atoms. The molecule has 10 nitrogen and oxygen atoms in total. The van der Waals surface area contributed by atoms with Crippen molar-refractivity contribution in [3.63, 3.8) is 0 Å². The summed E-state index contributed by atoms with van der Waals surface area (Å²) in [6.45, 7) is 3.23. The topological polar surface area (TPSA) is 154 Å². The number of methoxy groups -OCH3 is 1. The number of amides is 3. The Morgan fingerprint density at radius 1 is 1.28 bits per heavy atom. The Bertz CT molecular complexity index is 777. The molecule has 3 amide bonds. The van der Waals surface area contributed by atoms with E-state index in [1.165, 1.54) is 20.1 Å². The quantitative estimate of drug-likeness (QED) is 0.580. The number of benzene rings is 1. The molecule has 0 aromatic heterocycles. The van der Waals surface area contributed by atoms with E-state index in [0.29, 0.717) is 6.54 Å². The first-order chi connectivity index (χ1) is 11.6. The Balaban J connectivity index is 2.96. The van der Waals surface area contributed by atoms with Gasteiger partial charge < -0.3 is 14.8 Å². The van der Waals surface area contributed by atoms with Gasteiger partial charge in [0.1, 0.15) is 11.3 Å². The van der Waals surface area contributed by atoms with E-state index in [4.69, 9.17) is 14.6 Å². The molecule has 1 atom stereocenters. The van der Waals surface area contributed by atoms with Crippen LogP contribution in [0.1, 0.15) is 24.2 Å². The van der Waals surface area contributed by atoms with Gasteiger partial charge in [-0.2, -0.15) is 0 Å². The molecule has 4 N–H and O–H groups in total. The molecule has 138 valence electrons. The fourth-order valence-electron chi connectivity index (χ4n) is 1.72. The maximum atomic E-state index is 12.2. The van der Waals surface area contributed by atoms with Crippen LogP contribution in [-0.4, -0.2) is 46.1 Å². The van der Waals surface area contributed by atoms with E-state index < -0.39 is 34.0 Å². The van der Waals surface area contributed by atoms with Crippen molar-refractivity contribution in [2.24, 2.45) is 5.14 Å². The second-order valence-electron chi connectivity index (χ2n) is 4.80. The van der Waals surface area contributed by atoms with Crippen LogP contribution in [0.15, 0.2) is 23.1 Å². The lowest BCUT2D eigenvalue weighted by Gasteiger charge is -2.15.